The number of carbonyl (C=O) groups is 1. The van der Waals surface area contributed by atoms with Gasteiger partial charge in [-0.25, -0.2) is 15.0 Å². The molecule has 2 heterocycles. The maximum absolute atomic E-state index is 12.7. The second kappa shape index (κ2) is 8.38. The number of aliphatic imine (C=N–C) groups is 1. The number of benzene rings is 4. The Balaban J connectivity index is 1.57. The Hall–Kier alpha value is -4.49. The van der Waals surface area contributed by atoms with Crippen molar-refractivity contribution in [2.75, 3.05) is 7.11 Å². The minimum atomic E-state index is -0.579. The molecule has 6 rings (SSSR count). The number of nitrogens with one attached hydrogen (secondary N) is 2. The topological polar surface area (TPSA) is 92.9 Å². The van der Waals surface area contributed by atoms with Gasteiger partial charge in [-0.2, -0.15) is 0 Å². The van der Waals surface area contributed by atoms with Gasteiger partial charge in [-0.05, 0) is 33.4 Å². The zero-order valence-corrected chi connectivity index (χ0v) is 18.8. The van der Waals surface area contributed by atoms with E-state index in [1.807, 2.05) is 72.8 Å². The van der Waals surface area contributed by atoms with Crippen molar-refractivity contribution in [1.29, 1.82) is 0 Å². The molecule has 2 unspecified atom stereocenters. The van der Waals surface area contributed by atoms with Crippen molar-refractivity contribution in [1.82, 2.24) is 10.9 Å². The summed E-state index contributed by atoms with van der Waals surface area (Å²) in [7, 11) is 1.31. The van der Waals surface area contributed by atoms with Crippen molar-refractivity contribution in [3.63, 3.8) is 0 Å². The number of amidine groups is 1. The van der Waals surface area contributed by atoms with Crippen LogP contribution in [0.15, 0.2) is 99.1 Å². The first-order valence-corrected chi connectivity index (χ1v) is 11.2. The lowest BCUT2D eigenvalue weighted by atomic mass is 9.90. The minimum absolute atomic E-state index is 0.0691. The Bertz CT molecular complexity index is 1710. The number of esters is 1. The minimum Gasteiger partial charge on any atom is -0.463 e. The second-order valence-electron chi connectivity index (χ2n) is 8.45. The monoisotopic (exact) mass is 463 g/mol. The van der Waals surface area contributed by atoms with E-state index in [0.717, 1.165) is 38.1 Å². The first-order chi connectivity index (χ1) is 17.1. The smallest absolute Gasteiger partial charge is 0.374 e. The molecule has 1 aliphatic rings. The molecule has 0 spiro atoms. The molecule has 7 heteroatoms. The fourth-order valence-corrected chi connectivity index (χ4v) is 4.75. The summed E-state index contributed by atoms with van der Waals surface area (Å²) >= 11 is 0. The van der Waals surface area contributed by atoms with Crippen molar-refractivity contribution < 1.29 is 13.9 Å². The van der Waals surface area contributed by atoms with E-state index < -0.39 is 23.7 Å². The average molecular weight is 463 g/mol. The van der Waals surface area contributed by atoms with Crippen molar-refractivity contribution in [3.05, 3.63) is 106 Å². The number of nitrogens with zero attached hydrogens (tertiary/aromatic N) is 1. The summed E-state index contributed by atoms with van der Waals surface area (Å²) in [5.41, 5.74) is 7.76. The lowest BCUT2D eigenvalue weighted by Crippen LogP contribution is -2.49. The van der Waals surface area contributed by atoms with Gasteiger partial charge in [-0.1, -0.05) is 72.8 Å². The normalized spacial score (nSPS) is 17.8. The number of rotatable bonds is 3. The second-order valence-corrected chi connectivity index (χ2v) is 8.45. The van der Waals surface area contributed by atoms with Gasteiger partial charge >= 0.3 is 11.6 Å². The summed E-state index contributed by atoms with van der Waals surface area (Å²) in [4.78, 5) is 29.7. The summed E-state index contributed by atoms with van der Waals surface area (Å²) < 4.78 is 10.6. The molecule has 0 saturated heterocycles. The van der Waals surface area contributed by atoms with Crippen molar-refractivity contribution >= 4 is 44.3 Å². The summed E-state index contributed by atoms with van der Waals surface area (Å²) in [6.07, 6.45) is 0. The van der Waals surface area contributed by atoms with Crippen LogP contribution in [0.2, 0.25) is 0 Å². The van der Waals surface area contributed by atoms with Crippen LogP contribution in [0.25, 0.3) is 32.5 Å². The van der Waals surface area contributed by atoms with Crippen LogP contribution in [0.5, 0.6) is 0 Å². The molecule has 0 aliphatic carbocycles. The molecule has 2 atom stereocenters. The van der Waals surface area contributed by atoms with Crippen LogP contribution in [-0.2, 0) is 9.53 Å². The molecule has 0 radical (unpaired) electrons. The summed E-state index contributed by atoms with van der Waals surface area (Å²) in [5.74, 6) is -0.509. The number of carbonyl (C=O) groups excluding carboxylic acids is 1. The molecule has 2 N–H and O–H groups in total. The molecule has 0 fully saturated rings. The third kappa shape index (κ3) is 3.62. The molecule has 0 bridgehead atoms. The summed E-state index contributed by atoms with van der Waals surface area (Å²) in [5, 5.41) is 4.79. The van der Waals surface area contributed by atoms with Crippen LogP contribution < -0.4 is 16.5 Å². The first-order valence-electron chi connectivity index (χ1n) is 11.2. The molecular formula is C28H21N3O4. The van der Waals surface area contributed by atoms with Crippen LogP contribution >= 0.6 is 0 Å². The molecule has 1 aliphatic heterocycles. The lowest BCUT2D eigenvalue weighted by molar-refractivity contribution is -0.133. The highest BCUT2D eigenvalue weighted by Crippen LogP contribution is 2.38. The third-order valence-corrected chi connectivity index (χ3v) is 6.43. The Kier molecular flexibility index (Phi) is 5.04. The maximum Gasteiger partial charge on any atom is 0.374 e. The van der Waals surface area contributed by atoms with E-state index in [1.165, 1.54) is 13.2 Å². The van der Waals surface area contributed by atoms with Crippen molar-refractivity contribution in [2.24, 2.45) is 4.99 Å². The van der Waals surface area contributed by atoms with Gasteiger partial charge in [-0.3, -0.25) is 10.4 Å². The van der Waals surface area contributed by atoms with Crippen LogP contribution in [0.4, 0.5) is 0 Å². The van der Waals surface area contributed by atoms with Gasteiger partial charge in [0.1, 0.15) is 5.58 Å². The predicted molar refractivity (Wildman–Crippen MR) is 135 cm³/mol. The SMILES string of the molecule is COC(=O)C1=NC(c2ccc3ccccc3c2)C(c2cc(=O)oc3c2ccc2ccccc23)NN1. The third-order valence-electron chi connectivity index (χ3n) is 6.43. The van der Waals surface area contributed by atoms with Gasteiger partial charge in [-0.15, -0.1) is 0 Å². The van der Waals surface area contributed by atoms with E-state index >= 15 is 0 Å². The molecule has 7 nitrogen and oxygen atoms in total. The fraction of sp³-hybridized carbons (Fsp3) is 0.107. The van der Waals surface area contributed by atoms with Crippen molar-refractivity contribution in [2.45, 2.75) is 12.1 Å². The number of fused-ring (bicyclic) bond motifs is 4. The zero-order valence-electron chi connectivity index (χ0n) is 18.8. The quantitative estimate of drug-likeness (QED) is 0.232. The van der Waals surface area contributed by atoms with Gasteiger partial charge in [0.15, 0.2) is 0 Å². The van der Waals surface area contributed by atoms with Gasteiger partial charge in [0.25, 0.3) is 0 Å². The maximum atomic E-state index is 12.7. The Morgan fingerprint density at radius 2 is 1.63 bits per heavy atom. The van der Waals surface area contributed by atoms with E-state index in [4.69, 9.17) is 14.1 Å². The van der Waals surface area contributed by atoms with Crippen LogP contribution in [0, 0.1) is 0 Å². The van der Waals surface area contributed by atoms with Crippen molar-refractivity contribution in [3.8, 4) is 0 Å². The molecular weight excluding hydrogens is 442 g/mol. The van der Waals surface area contributed by atoms with Crippen LogP contribution in [-0.4, -0.2) is 18.9 Å². The molecule has 0 saturated carbocycles. The molecule has 172 valence electrons. The Morgan fingerprint density at radius 3 is 2.46 bits per heavy atom. The predicted octanol–water partition coefficient (Wildman–Crippen LogP) is 4.56. The van der Waals surface area contributed by atoms with Gasteiger partial charge in [0, 0.05) is 16.8 Å². The van der Waals surface area contributed by atoms with E-state index in [2.05, 4.69) is 16.9 Å². The van der Waals surface area contributed by atoms with Gasteiger partial charge in [0.05, 0.1) is 19.2 Å². The Morgan fingerprint density at radius 1 is 0.886 bits per heavy atom. The average Bonchev–Trinajstić information content (AvgIpc) is 2.91. The summed E-state index contributed by atoms with van der Waals surface area (Å²) in [6.45, 7) is 0. The number of hydrogen-bond donors (Lipinski definition) is 2. The molecule has 35 heavy (non-hydrogen) atoms. The highest BCUT2D eigenvalue weighted by atomic mass is 16.5. The van der Waals surface area contributed by atoms with Gasteiger partial charge < -0.3 is 9.15 Å². The van der Waals surface area contributed by atoms with E-state index in [0.29, 0.717) is 5.58 Å². The standard InChI is InChI=1S/C28H21N3O4/c1-34-28(33)27-29-24(19-11-10-16-6-2-3-8-18(16)14-19)25(30-31-27)22-15-23(32)35-26-20-9-5-4-7-17(20)12-13-21(22)26/h2-15,24-25,30H,1H3,(H,29,31). The highest BCUT2D eigenvalue weighted by Gasteiger charge is 2.33. The largest absolute Gasteiger partial charge is 0.463 e. The number of methoxy groups -OCH3 is 1. The molecule has 5 aromatic rings. The molecule has 4 aromatic carbocycles. The zero-order chi connectivity index (χ0) is 23.9. The fourth-order valence-electron chi connectivity index (χ4n) is 4.75. The number of ether oxygens (including phenoxy) is 1. The van der Waals surface area contributed by atoms with E-state index in [-0.39, 0.29) is 5.84 Å². The molecule has 1 aromatic heterocycles. The van der Waals surface area contributed by atoms with Crippen LogP contribution in [0.1, 0.15) is 23.2 Å². The van der Waals surface area contributed by atoms with E-state index in [1.54, 1.807) is 0 Å². The first kappa shape index (κ1) is 21.1. The number of hydrazine groups is 1. The lowest BCUT2D eigenvalue weighted by Gasteiger charge is -2.32. The Labute approximate surface area is 200 Å². The van der Waals surface area contributed by atoms with E-state index in [9.17, 15) is 9.59 Å². The number of hydrogen-bond acceptors (Lipinski definition) is 7. The molecule has 0 amide bonds. The van der Waals surface area contributed by atoms with Gasteiger partial charge in [0.2, 0.25) is 5.84 Å². The highest BCUT2D eigenvalue weighted by molar-refractivity contribution is 6.35. The van der Waals surface area contributed by atoms with Crippen LogP contribution in [0.3, 0.4) is 0 Å². The summed E-state index contributed by atoms with van der Waals surface area (Å²) in [6, 6.07) is 26.4.